The normalized spacial score (nSPS) is 11.0. The molecule has 0 spiro atoms. The van der Waals surface area contributed by atoms with Gasteiger partial charge in [0.25, 0.3) is 0 Å². The molecule has 0 bridgehead atoms. The number of hydrogen-bond acceptors (Lipinski definition) is 6. The van der Waals surface area contributed by atoms with Crippen molar-refractivity contribution in [1.29, 1.82) is 0 Å². The summed E-state index contributed by atoms with van der Waals surface area (Å²) in [7, 11) is 0. The Bertz CT molecular complexity index is 388. The minimum absolute atomic E-state index is 0.385. The molecule has 0 aliphatic carbocycles. The minimum atomic E-state index is 0.385. The van der Waals surface area contributed by atoms with Crippen LogP contribution in [0, 0.1) is 11.8 Å². The summed E-state index contributed by atoms with van der Waals surface area (Å²) in [5.74, 6) is 2.34. The van der Waals surface area contributed by atoms with Crippen molar-refractivity contribution >= 4 is 11.9 Å². The Morgan fingerprint density at radius 3 is 2.10 bits per heavy atom. The predicted octanol–water partition coefficient (Wildman–Crippen LogP) is 2.82. The molecular weight excluding hydrogens is 266 g/mol. The van der Waals surface area contributed by atoms with Gasteiger partial charge in [-0.15, -0.1) is 0 Å². The highest BCUT2D eigenvalue weighted by molar-refractivity contribution is 5.38. The molecule has 0 aromatic carbocycles. The number of hydrogen-bond donors (Lipinski definition) is 1. The highest BCUT2D eigenvalue weighted by Gasteiger charge is 2.16. The maximum atomic E-state index is 5.46. The summed E-state index contributed by atoms with van der Waals surface area (Å²) in [6.07, 6.45) is 0. The van der Waals surface area contributed by atoms with Gasteiger partial charge in [0.05, 0.1) is 6.61 Å². The molecule has 0 fully saturated rings. The SMILES string of the molecule is CCNc1nc(OCC)nc(N(CC(C)C)CC(C)C)n1. The Hall–Kier alpha value is -1.59. The van der Waals surface area contributed by atoms with Crippen molar-refractivity contribution in [3.8, 4) is 6.01 Å². The van der Waals surface area contributed by atoms with Gasteiger partial charge in [0.1, 0.15) is 0 Å². The van der Waals surface area contributed by atoms with Crippen LogP contribution in [0.25, 0.3) is 0 Å². The highest BCUT2D eigenvalue weighted by atomic mass is 16.5. The van der Waals surface area contributed by atoms with Crippen molar-refractivity contribution in [2.75, 3.05) is 36.5 Å². The highest BCUT2D eigenvalue weighted by Crippen LogP contribution is 2.17. The van der Waals surface area contributed by atoms with Gasteiger partial charge in [-0.2, -0.15) is 15.0 Å². The van der Waals surface area contributed by atoms with E-state index in [0.717, 1.165) is 19.6 Å². The lowest BCUT2D eigenvalue weighted by Crippen LogP contribution is -2.33. The Balaban J connectivity index is 3.08. The van der Waals surface area contributed by atoms with E-state index >= 15 is 0 Å². The molecule has 0 amide bonds. The summed E-state index contributed by atoms with van der Waals surface area (Å²) in [5, 5.41) is 3.14. The van der Waals surface area contributed by atoms with Crippen LogP contribution in [0.15, 0.2) is 0 Å². The summed E-state index contributed by atoms with van der Waals surface area (Å²) < 4.78 is 5.46. The Morgan fingerprint density at radius 1 is 1.00 bits per heavy atom. The van der Waals surface area contributed by atoms with Gasteiger partial charge >= 0.3 is 6.01 Å². The second kappa shape index (κ2) is 8.64. The van der Waals surface area contributed by atoms with Gasteiger partial charge in [0.15, 0.2) is 0 Å². The number of nitrogens with zero attached hydrogens (tertiary/aromatic N) is 4. The summed E-state index contributed by atoms with van der Waals surface area (Å²) in [6, 6.07) is 0.385. The Labute approximate surface area is 128 Å². The van der Waals surface area contributed by atoms with E-state index in [1.807, 2.05) is 13.8 Å². The van der Waals surface area contributed by atoms with Gasteiger partial charge in [0, 0.05) is 19.6 Å². The van der Waals surface area contributed by atoms with E-state index in [4.69, 9.17) is 4.74 Å². The van der Waals surface area contributed by atoms with Crippen molar-refractivity contribution in [3.05, 3.63) is 0 Å². The molecular formula is C15H29N5O. The van der Waals surface area contributed by atoms with Gasteiger partial charge in [-0.05, 0) is 25.7 Å². The van der Waals surface area contributed by atoms with Gasteiger partial charge in [-0.3, -0.25) is 0 Å². The lowest BCUT2D eigenvalue weighted by molar-refractivity contribution is 0.311. The largest absolute Gasteiger partial charge is 0.464 e. The quantitative estimate of drug-likeness (QED) is 0.756. The fourth-order valence-corrected chi connectivity index (χ4v) is 2.04. The number of ether oxygens (including phenoxy) is 1. The molecule has 0 unspecified atom stereocenters. The molecule has 0 aliphatic heterocycles. The van der Waals surface area contributed by atoms with Crippen LogP contribution in [0.2, 0.25) is 0 Å². The van der Waals surface area contributed by atoms with Crippen LogP contribution in [0.3, 0.4) is 0 Å². The zero-order valence-corrected chi connectivity index (χ0v) is 14.2. The van der Waals surface area contributed by atoms with E-state index in [9.17, 15) is 0 Å². The average molecular weight is 295 g/mol. The van der Waals surface area contributed by atoms with Crippen LogP contribution in [-0.2, 0) is 0 Å². The summed E-state index contributed by atoms with van der Waals surface area (Å²) in [4.78, 5) is 15.5. The smallest absolute Gasteiger partial charge is 0.323 e. The maximum Gasteiger partial charge on any atom is 0.323 e. The fourth-order valence-electron chi connectivity index (χ4n) is 2.04. The molecule has 0 saturated carbocycles. The molecule has 1 aromatic rings. The number of anilines is 2. The molecule has 1 N–H and O–H groups in total. The Morgan fingerprint density at radius 2 is 1.62 bits per heavy atom. The van der Waals surface area contributed by atoms with E-state index < -0.39 is 0 Å². The molecule has 6 nitrogen and oxygen atoms in total. The molecule has 1 heterocycles. The van der Waals surface area contributed by atoms with Crippen LogP contribution >= 0.6 is 0 Å². The molecule has 1 rings (SSSR count). The van der Waals surface area contributed by atoms with Gasteiger partial charge in [-0.1, -0.05) is 27.7 Å². The third-order valence-corrected chi connectivity index (χ3v) is 2.67. The zero-order valence-electron chi connectivity index (χ0n) is 14.2. The van der Waals surface area contributed by atoms with E-state index in [1.54, 1.807) is 0 Å². The second-order valence-corrected chi connectivity index (χ2v) is 5.90. The molecule has 0 saturated heterocycles. The van der Waals surface area contributed by atoms with Gasteiger partial charge in [-0.25, -0.2) is 0 Å². The molecule has 0 atom stereocenters. The summed E-state index contributed by atoms with van der Waals surface area (Å²) in [5.41, 5.74) is 0. The molecule has 6 heteroatoms. The monoisotopic (exact) mass is 295 g/mol. The standard InChI is InChI=1S/C15H29N5O/c1-7-16-13-17-14(19-15(18-13)21-8-2)20(9-11(3)4)10-12(5)6/h11-12H,7-10H2,1-6H3,(H,16,17,18,19). The maximum absolute atomic E-state index is 5.46. The van der Waals surface area contributed by atoms with Crippen LogP contribution in [0.4, 0.5) is 11.9 Å². The summed E-state index contributed by atoms with van der Waals surface area (Å²) >= 11 is 0. The first-order chi connectivity index (χ1) is 9.96. The lowest BCUT2D eigenvalue weighted by atomic mass is 10.1. The third-order valence-electron chi connectivity index (χ3n) is 2.67. The molecule has 21 heavy (non-hydrogen) atoms. The molecule has 0 radical (unpaired) electrons. The molecule has 120 valence electrons. The van der Waals surface area contributed by atoms with Crippen LogP contribution in [-0.4, -0.2) is 41.2 Å². The molecule has 0 aliphatic rings. The fraction of sp³-hybridized carbons (Fsp3) is 0.800. The number of nitrogens with one attached hydrogen (secondary N) is 1. The van der Waals surface area contributed by atoms with Crippen molar-refractivity contribution in [3.63, 3.8) is 0 Å². The van der Waals surface area contributed by atoms with Crippen molar-refractivity contribution in [2.45, 2.75) is 41.5 Å². The van der Waals surface area contributed by atoms with E-state index in [0.29, 0.717) is 36.3 Å². The number of aromatic nitrogens is 3. The number of rotatable bonds is 9. The van der Waals surface area contributed by atoms with Crippen LogP contribution < -0.4 is 15.0 Å². The topological polar surface area (TPSA) is 63.2 Å². The summed E-state index contributed by atoms with van der Waals surface area (Å²) in [6.45, 7) is 15.9. The zero-order chi connectivity index (χ0) is 15.8. The Kier molecular flexibility index (Phi) is 7.19. The van der Waals surface area contributed by atoms with Crippen molar-refractivity contribution < 1.29 is 4.74 Å². The van der Waals surface area contributed by atoms with E-state index in [1.165, 1.54) is 0 Å². The van der Waals surface area contributed by atoms with E-state index in [2.05, 4.69) is 52.9 Å². The second-order valence-electron chi connectivity index (χ2n) is 5.90. The van der Waals surface area contributed by atoms with Crippen LogP contribution in [0.5, 0.6) is 6.01 Å². The average Bonchev–Trinajstić information content (AvgIpc) is 2.37. The van der Waals surface area contributed by atoms with Gasteiger partial charge < -0.3 is 15.0 Å². The van der Waals surface area contributed by atoms with E-state index in [-0.39, 0.29) is 0 Å². The first-order valence-corrected chi connectivity index (χ1v) is 7.83. The minimum Gasteiger partial charge on any atom is -0.464 e. The third kappa shape index (κ3) is 6.14. The van der Waals surface area contributed by atoms with Crippen LogP contribution in [0.1, 0.15) is 41.5 Å². The van der Waals surface area contributed by atoms with Crippen molar-refractivity contribution in [2.24, 2.45) is 11.8 Å². The van der Waals surface area contributed by atoms with Gasteiger partial charge in [0.2, 0.25) is 11.9 Å². The molecule has 1 aromatic heterocycles. The first-order valence-electron chi connectivity index (χ1n) is 7.83. The predicted molar refractivity (Wildman–Crippen MR) is 87.0 cm³/mol. The van der Waals surface area contributed by atoms with Crippen molar-refractivity contribution in [1.82, 2.24) is 15.0 Å². The lowest BCUT2D eigenvalue weighted by Gasteiger charge is -2.26. The first kappa shape index (κ1) is 17.5.